The maximum absolute atomic E-state index is 12.6. The van der Waals surface area contributed by atoms with Gasteiger partial charge in [0.25, 0.3) is 0 Å². The molecule has 1 aromatic rings. The van der Waals surface area contributed by atoms with E-state index in [1.54, 1.807) is 4.31 Å². The summed E-state index contributed by atoms with van der Waals surface area (Å²) in [7, 11) is 0.944. The van der Waals surface area contributed by atoms with E-state index in [1.165, 1.54) is 5.57 Å². The minimum Gasteiger partial charge on any atom is -0.381 e. The molecule has 5 nitrogen and oxygen atoms in total. The van der Waals surface area contributed by atoms with Crippen LogP contribution in [0.25, 0.3) is 5.57 Å². The number of fused-ring (bicyclic) bond motifs is 1. The number of rotatable bonds is 6. The van der Waals surface area contributed by atoms with Crippen LogP contribution in [0.5, 0.6) is 0 Å². The van der Waals surface area contributed by atoms with Crippen LogP contribution in [0.15, 0.2) is 24.3 Å². The molecule has 0 aromatic heterocycles. The second-order valence-corrected chi connectivity index (χ2v) is 8.87. The Kier molecular flexibility index (Phi) is 5.27. The summed E-state index contributed by atoms with van der Waals surface area (Å²) < 4.78 is 26.7. The quantitative estimate of drug-likeness (QED) is 0.857. The molecule has 0 amide bonds. The molecule has 6 heteroatoms. The highest BCUT2D eigenvalue weighted by Gasteiger charge is 2.26. The molecule has 0 radical (unpaired) electrons. The first-order valence-corrected chi connectivity index (χ1v) is 10.3. The SMILES string of the molecule is CN(C)CCC1=CCNc2ccc(CS(=O)(=O)N3CCCC3)cc21. The van der Waals surface area contributed by atoms with E-state index >= 15 is 0 Å². The molecule has 2 heterocycles. The highest BCUT2D eigenvalue weighted by Crippen LogP contribution is 2.31. The lowest BCUT2D eigenvalue weighted by Crippen LogP contribution is -2.29. The van der Waals surface area contributed by atoms with Gasteiger partial charge in [-0.1, -0.05) is 12.1 Å². The average Bonchev–Trinajstić information content (AvgIpc) is 3.08. The number of hydrogen-bond acceptors (Lipinski definition) is 4. The molecule has 1 fully saturated rings. The first kappa shape index (κ1) is 17.5. The fourth-order valence-electron chi connectivity index (χ4n) is 3.34. The third-order valence-electron chi connectivity index (χ3n) is 4.71. The second kappa shape index (κ2) is 7.25. The van der Waals surface area contributed by atoms with Crippen LogP contribution in [0.3, 0.4) is 0 Å². The Labute approximate surface area is 145 Å². The minimum absolute atomic E-state index is 0.0985. The van der Waals surface area contributed by atoms with E-state index in [-0.39, 0.29) is 5.75 Å². The van der Waals surface area contributed by atoms with Crippen LogP contribution < -0.4 is 5.32 Å². The first-order chi connectivity index (χ1) is 11.5. The molecule has 1 aromatic carbocycles. The van der Waals surface area contributed by atoms with E-state index in [0.29, 0.717) is 13.1 Å². The van der Waals surface area contributed by atoms with Crippen molar-refractivity contribution in [3.8, 4) is 0 Å². The Hall–Kier alpha value is -1.37. The lowest BCUT2D eigenvalue weighted by molar-refractivity contribution is 0.419. The predicted molar refractivity (Wildman–Crippen MR) is 99.5 cm³/mol. The molecule has 0 bridgehead atoms. The lowest BCUT2D eigenvalue weighted by Gasteiger charge is -2.22. The van der Waals surface area contributed by atoms with Crippen LogP contribution in [0, 0.1) is 0 Å². The van der Waals surface area contributed by atoms with Gasteiger partial charge in [-0.05, 0) is 56.6 Å². The average molecular weight is 350 g/mol. The van der Waals surface area contributed by atoms with Gasteiger partial charge in [0.15, 0.2) is 0 Å². The molecule has 3 rings (SSSR count). The zero-order valence-electron chi connectivity index (χ0n) is 14.6. The molecule has 1 N–H and O–H groups in total. The predicted octanol–water partition coefficient (Wildman–Crippen LogP) is 2.37. The van der Waals surface area contributed by atoms with E-state index in [9.17, 15) is 8.42 Å². The van der Waals surface area contributed by atoms with E-state index in [4.69, 9.17) is 0 Å². The molecule has 2 aliphatic heterocycles. The van der Waals surface area contributed by atoms with E-state index in [1.807, 2.05) is 12.1 Å². The molecule has 0 saturated carbocycles. The third-order valence-corrected chi connectivity index (χ3v) is 6.56. The standard InChI is InChI=1S/C18H27N3O2S/c1-20(2)12-8-16-7-9-19-18-6-5-15(13-17(16)18)14-24(22,23)21-10-3-4-11-21/h5-7,13,19H,3-4,8-12,14H2,1-2H3. The van der Waals surface area contributed by atoms with Crippen LogP contribution in [0.1, 0.15) is 30.4 Å². The summed E-state index contributed by atoms with van der Waals surface area (Å²) in [5, 5.41) is 3.38. The summed E-state index contributed by atoms with van der Waals surface area (Å²) in [4.78, 5) is 2.17. The van der Waals surface area contributed by atoms with Crippen molar-refractivity contribution < 1.29 is 8.42 Å². The number of sulfonamides is 1. The van der Waals surface area contributed by atoms with Crippen molar-refractivity contribution in [2.75, 3.05) is 45.6 Å². The van der Waals surface area contributed by atoms with Gasteiger partial charge < -0.3 is 10.2 Å². The summed E-state index contributed by atoms with van der Waals surface area (Å²) in [6.45, 7) is 3.16. The Bertz CT molecular complexity index is 720. The molecule has 0 aliphatic carbocycles. The summed E-state index contributed by atoms with van der Waals surface area (Å²) in [5.74, 6) is 0.0985. The summed E-state index contributed by atoms with van der Waals surface area (Å²) >= 11 is 0. The van der Waals surface area contributed by atoms with Crippen LogP contribution in [0.4, 0.5) is 5.69 Å². The maximum Gasteiger partial charge on any atom is 0.218 e. The Morgan fingerprint density at radius 1 is 1.21 bits per heavy atom. The van der Waals surface area contributed by atoms with Crippen molar-refractivity contribution in [3.63, 3.8) is 0 Å². The molecular weight excluding hydrogens is 322 g/mol. The third kappa shape index (κ3) is 3.99. The fourth-order valence-corrected chi connectivity index (χ4v) is 4.94. The molecule has 2 aliphatic rings. The first-order valence-electron chi connectivity index (χ1n) is 8.64. The summed E-state index contributed by atoms with van der Waals surface area (Å²) in [5.41, 5.74) is 4.43. The Balaban J connectivity index is 1.80. The van der Waals surface area contributed by atoms with Gasteiger partial charge in [0.2, 0.25) is 10.0 Å². The van der Waals surface area contributed by atoms with Crippen molar-refractivity contribution >= 4 is 21.3 Å². The van der Waals surface area contributed by atoms with Gasteiger partial charge >= 0.3 is 0 Å². The lowest BCUT2D eigenvalue weighted by atomic mass is 9.96. The van der Waals surface area contributed by atoms with Crippen LogP contribution >= 0.6 is 0 Å². The van der Waals surface area contributed by atoms with Crippen LogP contribution in [0.2, 0.25) is 0 Å². The van der Waals surface area contributed by atoms with Gasteiger partial charge in [0, 0.05) is 37.4 Å². The number of anilines is 1. The Morgan fingerprint density at radius 3 is 2.67 bits per heavy atom. The van der Waals surface area contributed by atoms with E-state index in [2.05, 4.69) is 36.5 Å². The zero-order chi connectivity index (χ0) is 17.2. The highest BCUT2D eigenvalue weighted by molar-refractivity contribution is 7.88. The fraction of sp³-hybridized carbons (Fsp3) is 0.556. The zero-order valence-corrected chi connectivity index (χ0v) is 15.4. The van der Waals surface area contributed by atoms with Crippen molar-refractivity contribution in [1.82, 2.24) is 9.21 Å². The van der Waals surface area contributed by atoms with Crippen LogP contribution in [-0.4, -0.2) is 57.9 Å². The van der Waals surface area contributed by atoms with Gasteiger partial charge in [-0.15, -0.1) is 0 Å². The highest BCUT2D eigenvalue weighted by atomic mass is 32.2. The van der Waals surface area contributed by atoms with Gasteiger partial charge in [0.1, 0.15) is 0 Å². The van der Waals surface area contributed by atoms with Gasteiger partial charge in [0.05, 0.1) is 5.75 Å². The van der Waals surface area contributed by atoms with E-state index in [0.717, 1.165) is 49.2 Å². The summed E-state index contributed by atoms with van der Waals surface area (Å²) in [6.07, 6.45) is 5.14. The van der Waals surface area contributed by atoms with Crippen molar-refractivity contribution in [2.24, 2.45) is 0 Å². The Morgan fingerprint density at radius 2 is 1.96 bits per heavy atom. The maximum atomic E-state index is 12.6. The monoisotopic (exact) mass is 349 g/mol. The molecular formula is C18H27N3O2S. The number of nitrogens with zero attached hydrogens (tertiary/aromatic N) is 2. The van der Waals surface area contributed by atoms with Crippen molar-refractivity contribution in [3.05, 3.63) is 35.4 Å². The minimum atomic E-state index is -3.20. The molecule has 0 atom stereocenters. The molecule has 24 heavy (non-hydrogen) atoms. The number of hydrogen-bond donors (Lipinski definition) is 1. The van der Waals surface area contributed by atoms with Gasteiger partial charge in [-0.2, -0.15) is 0 Å². The van der Waals surface area contributed by atoms with Crippen LogP contribution in [-0.2, 0) is 15.8 Å². The van der Waals surface area contributed by atoms with Crippen molar-refractivity contribution in [2.45, 2.75) is 25.0 Å². The van der Waals surface area contributed by atoms with E-state index < -0.39 is 10.0 Å². The topological polar surface area (TPSA) is 52.7 Å². The molecule has 132 valence electrons. The molecule has 0 spiro atoms. The smallest absolute Gasteiger partial charge is 0.218 e. The van der Waals surface area contributed by atoms with Crippen molar-refractivity contribution in [1.29, 1.82) is 0 Å². The summed E-state index contributed by atoms with van der Waals surface area (Å²) in [6, 6.07) is 6.01. The van der Waals surface area contributed by atoms with Gasteiger partial charge in [-0.3, -0.25) is 0 Å². The molecule has 0 unspecified atom stereocenters. The number of nitrogens with one attached hydrogen (secondary N) is 1. The number of benzene rings is 1. The normalized spacial score (nSPS) is 18.4. The molecule has 1 saturated heterocycles. The second-order valence-electron chi connectivity index (χ2n) is 6.91. The largest absolute Gasteiger partial charge is 0.381 e. The van der Waals surface area contributed by atoms with Gasteiger partial charge in [-0.25, -0.2) is 12.7 Å².